The second-order valence-corrected chi connectivity index (χ2v) is 5.99. The first-order valence-electron chi connectivity index (χ1n) is 7.68. The maximum absolute atomic E-state index is 13.0. The van der Waals surface area contributed by atoms with E-state index in [1.165, 1.54) is 0 Å². The van der Waals surface area contributed by atoms with Crippen LogP contribution in [0.3, 0.4) is 0 Å². The summed E-state index contributed by atoms with van der Waals surface area (Å²) < 4.78 is 0. The van der Waals surface area contributed by atoms with Crippen LogP contribution in [0.1, 0.15) is 44.6 Å². The minimum absolute atomic E-state index is 0.00643. The zero-order chi connectivity index (χ0) is 14.9. The molecule has 3 rings (SSSR count). The van der Waals surface area contributed by atoms with Gasteiger partial charge in [-0.05, 0) is 37.0 Å². The summed E-state index contributed by atoms with van der Waals surface area (Å²) in [5, 5.41) is 3.02. The molecule has 1 aromatic heterocycles. The van der Waals surface area contributed by atoms with Crippen molar-refractivity contribution in [3.05, 3.63) is 30.1 Å². The van der Waals surface area contributed by atoms with Crippen molar-refractivity contribution in [1.29, 1.82) is 0 Å². The minimum Gasteiger partial charge on any atom is -0.340 e. The van der Waals surface area contributed by atoms with Crippen LogP contribution in [-0.4, -0.2) is 33.3 Å². The number of nitrogens with zero attached hydrogens (tertiary/aromatic N) is 2. The van der Waals surface area contributed by atoms with Gasteiger partial charge in [-0.2, -0.15) is 0 Å². The van der Waals surface area contributed by atoms with Crippen molar-refractivity contribution < 1.29 is 9.59 Å². The van der Waals surface area contributed by atoms with Crippen molar-refractivity contribution in [2.45, 2.75) is 57.2 Å². The SMILES string of the molecule is CCC1C(=O)NC2(CCCC2)C(=O)N1Cc1ccncc1. The van der Waals surface area contributed by atoms with Crippen molar-refractivity contribution in [3.8, 4) is 0 Å². The van der Waals surface area contributed by atoms with Crippen LogP contribution in [-0.2, 0) is 16.1 Å². The Morgan fingerprint density at radius 2 is 1.95 bits per heavy atom. The number of carbonyl (C=O) groups excluding carboxylic acids is 2. The molecule has 2 fully saturated rings. The molecule has 5 nitrogen and oxygen atoms in total. The number of rotatable bonds is 3. The van der Waals surface area contributed by atoms with Gasteiger partial charge in [0.1, 0.15) is 11.6 Å². The standard InChI is InChI=1S/C16H21N3O2/c1-2-13-14(20)18-16(7-3-4-8-16)15(21)19(13)11-12-5-9-17-10-6-12/h5-6,9-10,13H,2-4,7-8,11H2,1H3,(H,18,20). The number of aromatic nitrogens is 1. The average Bonchev–Trinajstić information content (AvgIpc) is 2.95. The fourth-order valence-corrected chi connectivity index (χ4v) is 3.52. The molecule has 0 radical (unpaired) electrons. The van der Waals surface area contributed by atoms with E-state index >= 15 is 0 Å². The predicted molar refractivity (Wildman–Crippen MR) is 78.2 cm³/mol. The summed E-state index contributed by atoms with van der Waals surface area (Å²) >= 11 is 0. The van der Waals surface area contributed by atoms with Crippen LogP contribution in [0.4, 0.5) is 0 Å². The number of pyridine rings is 1. The molecule has 1 spiro atoms. The summed E-state index contributed by atoms with van der Waals surface area (Å²) in [5.74, 6) is 0.0799. The Labute approximate surface area is 124 Å². The third kappa shape index (κ3) is 2.41. The summed E-state index contributed by atoms with van der Waals surface area (Å²) in [7, 11) is 0. The van der Waals surface area contributed by atoms with Gasteiger partial charge in [0.05, 0.1) is 0 Å². The van der Waals surface area contributed by atoms with Crippen LogP contribution in [0.25, 0.3) is 0 Å². The lowest BCUT2D eigenvalue weighted by atomic mass is 9.89. The van der Waals surface area contributed by atoms with E-state index in [1.807, 2.05) is 19.1 Å². The molecule has 1 unspecified atom stereocenters. The Hall–Kier alpha value is -1.91. The molecule has 1 aliphatic carbocycles. The van der Waals surface area contributed by atoms with Crippen molar-refractivity contribution in [1.82, 2.24) is 15.2 Å². The zero-order valence-electron chi connectivity index (χ0n) is 12.3. The number of hydrogen-bond donors (Lipinski definition) is 1. The Kier molecular flexibility index (Phi) is 3.66. The molecular weight excluding hydrogens is 266 g/mol. The largest absolute Gasteiger partial charge is 0.340 e. The number of nitrogens with one attached hydrogen (secondary N) is 1. The maximum Gasteiger partial charge on any atom is 0.249 e. The van der Waals surface area contributed by atoms with Gasteiger partial charge in [0.25, 0.3) is 0 Å². The van der Waals surface area contributed by atoms with Gasteiger partial charge in [0, 0.05) is 18.9 Å². The first-order chi connectivity index (χ1) is 10.2. The topological polar surface area (TPSA) is 62.3 Å². The molecule has 2 amide bonds. The fourth-order valence-electron chi connectivity index (χ4n) is 3.52. The highest BCUT2D eigenvalue weighted by molar-refractivity contribution is 6.00. The van der Waals surface area contributed by atoms with Crippen LogP contribution in [0, 0.1) is 0 Å². The van der Waals surface area contributed by atoms with Gasteiger partial charge in [-0.3, -0.25) is 14.6 Å². The first kappa shape index (κ1) is 14.0. The molecule has 0 bridgehead atoms. The molecule has 112 valence electrons. The lowest BCUT2D eigenvalue weighted by molar-refractivity contribution is -0.155. The molecule has 1 aliphatic heterocycles. The minimum atomic E-state index is -0.643. The summed E-state index contributed by atoms with van der Waals surface area (Å²) in [5.41, 5.74) is 0.370. The third-order valence-electron chi connectivity index (χ3n) is 4.66. The van der Waals surface area contributed by atoms with Gasteiger partial charge in [-0.1, -0.05) is 19.8 Å². The second kappa shape index (κ2) is 5.47. The molecule has 0 aromatic carbocycles. The molecule has 2 aliphatic rings. The number of piperazine rings is 1. The van der Waals surface area contributed by atoms with Gasteiger partial charge in [0.15, 0.2) is 0 Å². The summed E-state index contributed by atoms with van der Waals surface area (Å²) in [6.45, 7) is 2.43. The van der Waals surface area contributed by atoms with Gasteiger partial charge in [-0.15, -0.1) is 0 Å². The molecule has 1 N–H and O–H groups in total. The predicted octanol–water partition coefficient (Wildman–Crippen LogP) is 1.63. The Morgan fingerprint density at radius 1 is 1.29 bits per heavy atom. The zero-order valence-corrected chi connectivity index (χ0v) is 12.3. The van der Waals surface area contributed by atoms with Gasteiger partial charge < -0.3 is 10.2 Å². The Balaban J connectivity index is 1.89. The van der Waals surface area contributed by atoms with E-state index in [4.69, 9.17) is 0 Å². The lowest BCUT2D eigenvalue weighted by Crippen LogP contribution is -2.69. The maximum atomic E-state index is 13.0. The van der Waals surface area contributed by atoms with Crippen LogP contribution in [0.15, 0.2) is 24.5 Å². The Morgan fingerprint density at radius 3 is 2.57 bits per heavy atom. The first-order valence-corrected chi connectivity index (χ1v) is 7.68. The molecule has 21 heavy (non-hydrogen) atoms. The van der Waals surface area contributed by atoms with Crippen molar-refractivity contribution in [2.24, 2.45) is 0 Å². The highest BCUT2D eigenvalue weighted by atomic mass is 16.2. The van der Waals surface area contributed by atoms with Gasteiger partial charge >= 0.3 is 0 Å². The molecule has 1 aromatic rings. The monoisotopic (exact) mass is 287 g/mol. The molecule has 5 heteroatoms. The third-order valence-corrected chi connectivity index (χ3v) is 4.66. The van der Waals surface area contributed by atoms with E-state index in [2.05, 4.69) is 10.3 Å². The molecule has 1 saturated carbocycles. The van der Waals surface area contributed by atoms with E-state index < -0.39 is 5.54 Å². The van der Waals surface area contributed by atoms with Gasteiger partial charge in [-0.25, -0.2) is 0 Å². The van der Waals surface area contributed by atoms with Crippen LogP contribution in [0.2, 0.25) is 0 Å². The number of carbonyl (C=O) groups is 2. The lowest BCUT2D eigenvalue weighted by Gasteiger charge is -2.44. The van der Waals surface area contributed by atoms with E-state index in [0.717, 1.165) is 31.2 Å². The quantitative estimate of drug-likeness (QED) is 0.919. The normalized spacial score (nSPS) is 24.4. The van der Waals surface area contributed by atoms with Crippen LogP contribution >= 0.6 is 0 Å². The van der Waals surface area contributed by atoms with Gasteiger partial charge in [0.2, 0.25) is 11.8 Å². The number of amides is 2. The average molecular weight is 287 g/mol. The fraction of sp³-hybridized carbons (Fsp3) is 0.562. The molecule has 1 atom stereocenters. The van der Waals surface area contributed by atoms with Crippen LogP contribution < -0.4 is 5.32 Å². The highest BCUT2D eigenvalue weighted by Crippen LogP contribution is 2.35. The Bertz CT molecular complexity index is 538. The molecule has 2 heterocycles. The van der Waals surface area contributed by atoms with Crippen molar-refractivity contribution >= 4 is 11.8 Å². The van der Waals surface area contributed by atoms with Crippen LogP contribution in [0.5, 0.6) is 0 Å². The smallest absolute Gasteiger partial charge is 0.249 e. The molecular formula is C16H21N3O2. The van der Waals surface area contributed by atoms with Crippen molar-refractivity contribution in [2.75, 3.05) is 0 Å². The summed E-state index contributed by atoms with van der Waals surface area (Å²) in [6, 6.07) is 3.43. The highest BCUT2D eigenvalue weighted by Gasteiger charge is 2.51. The summed E-state index contributed by atoms with van der Waals surface area (Å²) in [6.07, 6.45) is 7.62. The second-order valence-electron chi connectivity index (χ2n) is 5.99. The van der Waals surface area contributed by atoms with Crippen molar-refractivity contribution in [3.63, 3.8) is 0 Å². The van der Waals surface area contributed by atoms with E-state index in [-0.39, 0.29) is 17.9 Å². The summed E-state index contributed by atoms with van der Waals surface area (Å²) in [4.78, 5) is 31.1. The van der Waals surface area contributed by atoms with E-state index in [1.54, 1.807) is 17.3 Å². The van der Waals surface area contributed by atoms with E-state index in [0.29, 0.717) is 13.0 Å². The number of hydrogen-bond acceptors (Lipinski definition) is 3. The molecule has 1 saturated heterocycles. The van der Waals surface area contributed by atoms with E-state index in [9.17, 15) is 9.59 Å².